The monoisotopic (exact) mass is 377 g/mol. The summed E-state index contributed by atoms with van der Waals surface area (Å²) in [5, 5.41) is 31.7. The number of hydrazone groups is 1. The number of carbonyl (C=O) groups excluding carboxylic acids is 1. The summed E-state index contributed by atoms with van der Waals surface area (Å²) in [7, 11) is 0. The van der Waals surface area contributed by atoms with Gasteiger partial charge in [0.25, 0.3) is 11.6 Å². The van der Waals surface area contributed by atoms with Gasteiger partial charge in [0.1, 0.15) is 0 Å². The summed E-state index contributed by atoms with van der Waals surface area (Å²) in [5.41, 5.74) is 3.15. The van der Waals surface area contributed by atoms with E-state index in [1.165, 1.54) is 13.0 Å². The van der Waals surface area contributed by atoms with E-state index >= 15 is 0 Å². The van der Waals surface area contributed by atoms with Crippen LogP contribution in [0.2, 0.25) is 0 Å². The van der Waals surface area contributed by atoms with Gasteiger partial charge in [0.2, 0.25) is 0 Å². The van der Waals surface area contributed by atoms with Crippen LogP contribution in [-0.4, -0.2) is 23.6 Å². The van der Waals surface area contributed by atoms with Crippen molar-refractivity contribution >= 4 is 34.3 Å². The number of nitrogens with zero attached hydrogens (tertiary/aromatic N) is 2. The van der Waals surface area contributed by atoms with Crippen LogP contribution in [0.4, 0.5) is 11.4 Å². The van der Waals surface area contributed by atoms with Crippen LogP contribution in [-0.2, 0) is 4.79 Å². The van der Waals surface area contributed by atoms with Gasteiger partial charge in [-0.05, 0) is 35.4 Å². The lowest BCUT2D eigenvalue weighted by atomic mass is 10.1. The van der Waals surface area contributed by atoms with Crippen LogP contribution in [0, 0.1) is 17.0 Å². The van der Waals surface area contributed by atoms with Gasteiger partial charge in [-0.2, -0.15) is 5.10 Å². The van der Waals surface area contributed by atoms with Gasteiger partial charge in [-0.3, -0.25) is 14.9 Å². The van der Waals surface area contributed by atoms with E-state index in [-0.39, 0.29) is 29.1 Å². The molecule has 0 radical (unpaired) electrons. The summed E-state index contributed by atoms with van der Waals surface area (Å²) in [6.45, 7) is 1.46. The average molecular weight is 377 g/mol. The molecular weight excluding hydrogens is 360 g/mol. The van der Waals surface area contributed by atoms with Crippen LogP contribution in [0.5, 0.6) is 5.75 Å². The van der Waals surface area contributed by atoms with Crippen molar-refractivity contribution in [3.63, 3.8) is 0 Å². The highest BCUT2D eigenvalue weighted by Gasteiger charge is 2.08. The molecule has 0 aliphatic rings. The molecule has 0 fully saturated rings. The summed E-state index contributed by atoms with van der Waals surface area (Å²) >= 11 is 0. The fraction of sp³-hybridized carbons (Fsp3) is 0.100. The van der Waals surface area contributed by atoms with Crippen LogP contribution in [0.25, 0.3) is 10.8 Å². The maximum absolute atomic E-state index is 12.0. The molecule has 3 aromatic carbocycles. The smallest absolute Gasteiger partial charge is 0.270 e. The Hall–Kier alpha value is -3.94. The molecule has 3 aromatic rings. The van der Waals surface area contributed by atoms with Gasteiger partial charge in [0.15, 0.2) is 0 Å². The normalized spacial score (nSPS) is 10.9. The molecule has 3 rings (SSSR count). The summed E-state index contributed by atoms with van der Waals surface area (Å²) in [6, 6.07) is 15.9. The second kappa shape index (κ2) is 8.17. The number of nitrogens with one attached hydrogen (secondary N) is 2. The van der Waals surface area contributed by atoms with Crippen LogP contribution in [0.15, 0.2) is 59.7 Å². The third kappa shape index (κ3) is 4.42. The van der Waals surface area contributed by atoms with Crippen molar-refractivity contribution in [3.8, 4) is 5.75 Å². The van der Waals surface area contributed by atoms with Crippen molar-refractivity contribution in [2.24, 2.45) is 5.10 Å². The first kappa shape index (κ1) is 18.8. The third-order valence-electron chi connectivity index (χ3n) is 4.09. The van der Waals surface area contributed by atoms with E-state index in [1.54, 1.807) is 0 Å². The molecular formula is C20H17N4O4-. The predicted molar refractivity (Wildman–Crippen MR) is 105 cm³/mol. The van der Waals surface area contributed by atoms with Crippen LogP contribution < -0.4 is 15.8 Å². The Morgan fingerprint density at radius 1 is 1.14 bits per heavy atom. The Morgan fingerprint density at radius 3 is 2.64 bits per heavy atom. The largest absolute Gasteiger partial charge is 0.872 e. The molecule has 8 heteroatoms. The molecule has 0 saturated carbocycles. The highest BCUT2D eigenvalue weighted by atomic mass is 16.6. The van der Waals surface area contributed by atoms with Crippen molar-refractivity contribution in [2.45, 2.75) is 6.92 Å². The van der Waals surface area contributed by atoms with Crippen molar-refractivity contribution in [1.82, 2.24) is 5.43 Å². The Bertz CT molecular complexity index is 1080. The molecule has 1 amide bonds. The average Bonchev–Trinajstić information content (AvgIpc) is 2.69. The molecule has 0 aliphatic heterocycles. The zero-order chi connectivity index (χ0) is 20.1. The fourth-order valence-corrected chi connectivity index (χ4v) is 2.68. The Kier molecular flexibility index (Phi) is 5.50. The summed E-state index contributed by atoms with van der Waals surface area (Å²) in [6.07, 6.45) is 1.11. The van der Waals surface area contributed by atoms with E-state index in [4.69, 9.17) is 0 Å². The first-order valence-electron chi connectivity index (χ1n) is 8.44. The van der Waals surface area contributed by atoms with E-state index in [0.717, 1.165) is 28.7 Å². The Labute approximate surface area is 160 Å². The van der Waals surface area contributed by atoms with Crippen LogP contribution in [0.3, 0.4) is 0 Å². The minimum atomic E-state index is -0.587. The minimum Gasteiger partial charge on any atom is -0.872 e. The van der Waals surface area contributed by atoms with Crippen molar-refractivity contribution < 1.29 is 14.8 Å². The lowest BCUT2D eigenvalue weighted by molar-refractivity contribution is -0.385. The molecule has 0 saturated heterocycles. The number of non-ortho nitro benzene ring substituents is 1. The minimum absolute atomic E-state index is 0.0200. The van der Waals surface area contributed by atoms with Gasteiger partial charge < -0.3 is 10.4 Å². The maximum atomic E-state index is 12.0. The van der Waals surface area contributed by atoms with Gasteiger partial charge >= 0.3 is 0 Å². The number of anilines is 1. The lowest BCUT2D eigenvalue weighted by Gasteiger charge is -2.13. The van der Waals surface area contributed by atoms with Crippen molar-refractivity contribution in [1.29, 1.82) is 0 Å². The van der Waals surface area contributed by atoms with E-state index < -0.39 is 10.8 Å². The van der Waals surface area contributed by atoms with E-state index in [9.17, 15) is 20.0 Å². The van der Waals surface area contributed by atoms with Gasteiger partial charge in [0.05, 0.1) is 17.7 Å². The molecule has 0 aromatic heterocycles. The second-order valence-corrected chi connectivity index (χ2v) is 6.15. The molecule has 8 nitrogen and oxygen atoms in total. The van der Waals surface area contributed by atoms with Crippen LogP contribution in [0.1, 0.15) is 11.1 Å². The first-order valence-corrected chi connectivity index (χ1v) is 8.44. The number of hydrogen-bond acceptors (Lipinski definition) is 6. The van der Waals surface area contributed by atoms with Crippen molar-refractivity contribution in [3.05, 3.63) is 75.8 Å². The number of aryl methyl sites for hydroxylation is 1. The number of nitro groups is 1. The topological polar surface area (TPSA) is 120 Å². The molecule has 0 bridgehead atoms. The van der Waals surface area contributed by atoms with Gasteiger partial charge in [-0.1, -0.05) is 41.6 Å². The Balaban J connectivity index is 1.60. The molecule has 0 heterocycles. The van der Waals surface area contributed by atoms with Gasteiger partial charge in [-0.25, -0.2) is 5.43 Å². The summed E-state index contributed by atoms with van der Waals surface area (Å²) in [4.78, 5) is 22.2. The third-order valence-corrected chi connectivity index (χ3v) is 4.09. The van der Waals surface area contributed by atoms with E-state index in [0.29, 0.717) is 0 Å². The molecule has 0 unspecified atom stereocenters. The number of carbonyl (C=O) groups is 1. The van der Waals surface area contributed by atoms with E-state index in [1.807, 2.05) is 42.5 Å². The lowest BCUT2D eigenvalue weighted by Crippen LogP contribution is -2.25. The number of amides is 1. The summed E-state index contributed by atoms with van der Waals surface area (Å²) in [5.74, 6) is -0.795. The van der Waals surface area contributed by atoms with Gasteiger partial charge in [-0.15, -0.1) is 0 Å². The SMILES string of the molecule is Cc1cc([N+](=O)[O-])cc(/C=N/NC(=O)CNc2ccc3ccccc3c2)c1[O-]. The standard InChI is InChI=1S/C20H18N4O4/c1-13-8-18(24(27)28)10-16(20(13)26)11-22-23-19(25)12-21-17-7-6-14-4-2-3-5-15(14)9-17/h2-11,21,26H,12H2,1H3,(H,23,25)/p-1/b22-11+. The quantitative estimate of drug-likeness (QED) is 0.389. The van der Waals surface area contributed by atoms with E-state index in [2.05, 4.69) is 15.8 Å². The maximum Gasteiger partial charge on any atom is 0.270 e. The molecule has 142 valence electrons. The molecule has 0 aliphatic carbocycles. The molecule has 0 atom stereocenters. The predicted octanol–water partition coefficient (Wildman–Crippen LogP) is 2.69. The number of hydrogen-bond donors (Lipinski definition) is 2. The number of nitro benzene ring substituents is 1. The first-order chi connectivity index (χ1) is 13.4. The summed E-state index contributed by atoms with van der Waals surface area (Å²) < 4.78 is 0. The Morgan fingerprint density at radius 2 is 1.89 bits per heavy atom. The van der Waals surface area contributed by atoms with Crippen molar-refractivity contribution in [2.75, 3.05) is 11.9 Å². The fourth-order valence-electron chi connectivity index (χ4n) is 2.68. The number of benzene rings is 3. The highest BCUT2D eigenvalue weighted by molar-refractivity contribution is 5.88. The molecule has 2 N–H and O–H groups in total. The highest BCUT2D eigenvalue weighted by Crippen LogP contribution is 2.24. The van der Waals surface area contributed by atoms with Crippen LogP contribution >= 0.6 is 0 Å². The zero-order valence-corrected chi connectivity index (χ0v) is 15.0. The zero-order valence-electron chi connectivity index (χ0n) is 15.0. The second-order valence-electron chi connectivity index (χ2n) is 6.15. The number of rotatable bonds is 6. The number of fused-ring (bicyclic) bond motifs is 1. The molecule has 0 spiro atoms. The molecule has 28 heavy (non-hydrogen) atoms. The van der Waals surface area contributed by atoms with Gasteiger partial charge in [0, 0.05) is 17.8 Å².